The zero-order valence-electron chi connectivity index (χ0n) is 8.95. The highest BCUT2D eigenvalue weighted by molar-refractivity contribution is 9.10. The van der Waals surface area contributed by atoms with E-state index in [0.29, 0.717) is 5.69 Å². The quantitative estimate of drug-likeness (QED) is 0.628. The Balaban J connectivity index is 2.39. The van der Waals surface area contributed by atoms with Gasteiger partial charge in [-0.2, -0.15) is 5.10 Å². The van der Waals surface area contributed by atoms with Gasteiger partial charge in [-0.15, -0.1) is 11.8 Å². The summed E-state index contributed by atoms with van der Waals surface area (Å²) in [4.78, 5) is 0. The van der Waals surface area contributed by atoms with Crippen LogP contribution in [0.3, 0.4) is 0 Å². The van der Waals surface area contributed by atoms with E-state index in [0.717, 1.165) is 10.8 Å². The normalized spacial score (nSPS) is 10.8. The number of hydrogen-bond acceptors (Lipinski definition) is 2. The molecule has 0 fully saturated rings. The Morgan fingerprint density at radius 2 is 2.00 bits per heavy atom. The number of rotatable bonds is 3. The Kier molecular flexibility index (Phi) is 3.83. The maximum absolute atomic E-state index is 13.3. The molecule has 0 atom stereocenters. The standard InChI is InChI=1S/C11H9BrF2N2S/c1-2-17-10-3-4-16(15-10)7-5-8(13)11(12)9(14)6-7/h3-6H,2H2,1H3. The van der Waals surface area contributed by atoms with Crippen molar-refractivity contribution in [2.75, 3.05) is 5.75 Å². The van der Waals surface area contributed by atoms with Gasteiger partial charge in [0.25, 0.3) is 0 Å². The third-order valence-electron chi connectivity index (χ3n) is 2.09. The summed E-state index contributed by atoms with van der Waals surface area (Å²) in [6.45, 7) is 2.02. The molecule has 0 aliphatic heterocycles. The predicted octanol–water partition coefficient (Wildman–Crippen LogP) is 4.03. The first-order chi connectivity index (χ1) is 8.11. The lowest BCUT2D eigenvalue weighted by Gasteiger charge is -2.03. The minimum Gasteiger partial charge on any atom is -0.240 e. The van der Waals surface area contributed by atoms with Gasteiger partial charge >= 0.3 is 0 Å². The SMILES string of the molecule is CCSc1ccn(-c2cc(F)c(Br)c(F)c2)n1. The molecule has 90 valence electrons. The lowest BCUT2D eigenvalue weighted by atomic mass is 10.3. The fourth-order valence-electron chi connectivity index (χ4n) is 1.35. The topological polar surface area (TPSA) is 17.8 Å². The van der Waals surface area contributed by atoms with Crippen LogP contribution < -0.4 is 0 Å². The molecule has 1 heterocycles. The van der Waals surface area contributed by atoms with Crippen LogP contribution in [0.25, 0.3) is 5.69 Å². The fourth-order valence-corrected chi connectivity index (χ4v) is 2.18. The Labute approximate surface area is 110 Å². The average molecular weight is 319 g/mol. The van der Waals surface area contributed by atoms with Crippen molar-refractivity contribution >= 4 is 27.7 Å². The highest BCUT2D eigenvalue weighted by Gasteiger charge is 2.10. The Morgan fingerprint density at radius 1 is 1.35 bits per heavy atom. The lowest BCUT2D eigenvalue weighted by molar-refractivity contribution is 0.568. The number of nitrogens with zero attached hydrogens (tertiary/aromatic N) is 2. The number of benzene rings is 1. The van der Waals surface area contributed by atoms with Gasteiger partial charge in [-0.3, -0.25) is 0 Å². The molecular weight excluding hydrogens is 310 g/mol. The van der Waals surface area contributed by atoms with Crippen LogP contribution in [0.4, 0.5) is 8.78 Å². The third-order valence-corrected chi connectivity index (χ3v) is 3.65. The summed E-state index contributed by atoms with van der Waals surface area (Å²) < 4.78 is 28.0. The molecule has 0 amide bonds. The molecule has 1 aromatic heterocycles. The van der Waals surface area contributed by atoms with E-state index in [-0.39, 0.29) is 4.47 Å². The van der Waals surface area contributed by atoms with Gasteiger partial charge in [0.15, 0.2) is 0 Å². The third kappa shape index (κ3) is 2.69. The van der Waals surface area contributed by atoms with Gasteiger partial charge in [-0.05, 0) is 27.7 Å². The second-order valence-electron chi connectivity index (χ2n) is 3.25. The second kappa shape index (κ2) is 5.18. The molecule has 0 saturated carbocycles. The van der Waals surface area contributed by atoms with Gasteiger partial charge in [0.1, 0.15) is 16.7 Å². The highest BCUT2D eigenvalue weighted by atomic mass is 79.9. The second-order valence-corrected chi connectivity index (χ2v) is 5.33. The molecule has 0 saturated heterocycles. The smallest absolute Gasteiger partial charge is 0.142 e. The molecule has 0 unspecified atom stereocenters. The van der Waals surface area contributed by atoms with Crippen molar-refractivity contribution in [3.05, 3.63) is 40.5 Å². The van der Waals surface area contributed by atoms with Crippen LogP contribution in [0, 0.1) is 11.6 Å². The van der Waals surface area contributed by atoms with Crippen molar-refractivity contribution in [2.45, 2.75) is 11.9 Å². The van der Waals surface area contributed by atoms with Crippen LogP contribution in [-0.4, -0.2) is 15.5 Å². The number of thioether (sulfide) groups is 1. The molecule has 0 spiro atoms. The Hall–Kier alpha value is -0.880. The fraction of sp³-hybridized carbons (Fsp3) is 0.182. The van der Waals surface area contributed by atoms with E-state index in [9.17, 15) is 8.78 Å². The van der Waals surface area contributed by atoms with E-state index in [4.69, 9.17) is 0 Å². The van der Waals surface area contributed by atoms with Crippen molar-refractivity contribution < 1.29 is 8.78 Å². The minimum absolute atomic E-state index is 0.156. The Morgan fingerprint density at radius 3 is 2.59 bits per heavy atom. The van der Waals surface area contributed by atoms with Crippen LogP contribution >= 0.6 is 27.7 Å². The zero-order valence-corrected chi connectivity index (χ0v) is 11.4. The first-order valence-electron chi connectivity index (χ1n) is 4.95. The molecule has 6 heteroatoms. The highest BCUT2D eigenvalue weighted by Crippen LogP contribution is 2.23. The maximum atomic E-state index is 13.3. The molecule has 0 radical (unpaired) electrons. The molecule has 0 aliphatic rings. The Bertz CT molecular complexity index is 519. The predicted molar refractivity (Wildman–Crippen MR) is 67.6 cm³/mol. The van der Waals surface area contributed by atoms with Gasteiger partial charge in [0, 0.05) is 18.3 Å². The van der Waals surface area contributed by atoms with Crippen molar-refractivity contribution in [1.29, 1.82) is 0 Å². The average Bonchev–Trinajstić information content (AvgIpc) is 2.74. The summed E-state index contributed by atoms with van der Waals surface area (Å²) in [6, 6.07) is 4.28. The number of halogens is 3. The van der Waals surface area contributed by atoms with Crippen molar-refractivity contribution in [3.63, 3.8) is 0 Å². The van der Waals surface area contributed by atoms with E-state index >= 15 is 0 Å². The van der Waals surface area contributed by atoms with E-state index in [1.54, 1.807) is 18.0 Å². The first kappa shape index (κ1) is 12.6. The first-order valence-corrected chi connectivity index (χ1v) is 6.73. The summed E-state index contributed by atoms with van der Waals surface area (Å²) in [5, 5.41) is 5.04. The molecule has 1 aromatic carbocycles. The summed E-state index contributed by atoms with van der Waals surface area (Å²) in [5.41, 5.74) is 0.367. The lowest BCUT2D eigenvalue weighted by Crippen LogP contribution is -1.98. The van der Waals surface area contributed by atoms with Crippen LogP contribution in [0.2, 0.25) is 0 Å². The van der Waals surface area contributed by atoms with Crippen LogP contribution in [0.1, 0.15) is 6.92 Å². The largest absolute Gasteiger partial charge is 0.240 e. The minimum atomic E-state index is -0.639. The van der Waals surface area contributed by atoms with E-state index in [2.05, 4.69) is 21.0 Å². The maximum Gasteiger partial charge on any atom is 0.142 e. The van der Waals surface area contributed by atoms with Gasteiger partial charge < -0.3 is 0 Å². The van der Waals surface area contributed by atoms with Gasteiger partial charge in [0.2, 0.25) is 0 Å². The molecule has 0 bridgehead atoms. The van der Waals surface area contributed by atoms with Crippen molar-refractivity contribution in [2.24, 2.45) is 0 Å². The molecule has 2 aromatic rings. The van der Waals surface area contributed by atoms with E-state index in [1.807, 2.05) is 13.0 Å². The summed E-state index contributed by atoms with van der Waals surface area (Å²) in [7, 11) is 0. The number of aromatic nitrogens is 2. The molecule has 2 rings (SSSR count). The van der Waals surface area contributed by atoms with Gasteiger partial charge in [-0.25, -0.2) is 13.5 Å². The molecule has 0 aliphatic carbocycles. The zero-order chi connectivity index (χ0) is 12.4. The van der Waals surface area contributed by atoms with Gasteiger partial charge in [0.05, 0.1) is 10.2 Å². The molecule has 0 N–H and O–H groups in total. The summed E-state index contributed by atoms with van der Waals surface area (Å²) in [5.74, 6) is -0.375. The van der Waals surface area contributed by atoms with Gasteiger partial charge in [-0.1, -0.05) is 6.92 Å². The monoisotopic (exact) mass is 318 g/mol. The van der Waals surface area contributed by atoms with Crippen molar-refractivity contribution in [1.82, 2.24) is 9.78 Å². The van der Waals surface area contributed by atoms with Crippen molar-refractivity contribution in [3.8, 4) is 5.69 Å². The molecule has 17 heavy (non-hydrogen) atoms. The van der Waals surface area contributed by atoms with Crippen LogP contribution in [-0.2, 0) is 0 Å². The van der Waals surface area contributed by atoms with Crippen LogP contribution in [0.5, 0.6) is 0 Å². The molecular formula is C11H9BrF2N2S. The number of hydrogen-bond donors (Lipinski definition) is 0. The van der Waals surface area contributed by atoms with E-state index in [1.165, 1.54) is 16.8 Å². The molecule has 2 nitrogen and oxygen atoms in total. The van der Waals surface area contributed by atoms with E-state index < -0.39 is 11.6 Å². The summed E-state index contributed by atoms with van der Waals surface area (Å²) >= 11 is 4.41. The van der Waals surface area contributed by atoms with Crippen LogP contribution in [0.15, 0.2) is 33.9 Å². The summed E-state index contributed by atoms with van der Waals surface area (Å²) in [6.07, 6.45) is 1.68.